The summed E-state index contributed by atoms with van der Waals surface area (Å²) in [6, 6.07) is 8.06. The molecule has 0 spiro atoms. The fourth-order valence-electron chi connectivity index (χ4n) is 5.40. The van der Waals surface area contributed by atoms with E-state index in [0.717, 1.165) is 0 Å². The highest BCUT2D eigenvalue weighted by molar-refractivity contribution is 6.34. The molecule has 0 bridgehead atoms. The van der Waals surface area contributed by atoms with E-state index in [1.54, 1.807) is 61.4 Å². The van der Waals surface area contributed by atoms with E-state index in [2.05, 4.69) is 25.2 Å². The molecule has 236 valence electrons. The highest BCUT2D eigenvalue weighted by Crippen LogP contribution is 2.27. The molecule has 6 rings (SSSR count). The van der Waals surface area contributed by atoms with Gasteiger partial charge in [-0.3, -0.25) is 24.2 Å². The fourth-order valence-corrected chi connectivity index (χ4v) is 5.76. The summed E-state index contributed by atoms with van der Waals surface area (Å²) in [5.41, 5.74) is 8.54. The van der Waals surface area contributed by atoms with Gasteiger partial charge < -0.3 is 20.7 Å². The van der Waals surface area contributed by atoms with Gasteiger partial charge in [0.15, 0.2) is 5.82 Å². The second kappa shape index (κ2) is 12.5. The smallest absolute Gasteiger partial charge is 0.284 e. The fraction of sp³-hybridized carbons (Fsp3) is 0.258. The van der Waals surface area contributed by atoms with Crippen LogP contribution in [0, 0.1) is 6.92 Å². The number of carbonyl (C=O) groups excluding carboxylic acids is 1. The number of rotatable bonds is 6. The van der Waals surface area contributed by atoms with Gasteiger partial charge >= 0.3 is 0 Å². The maximum Gasteiger partial charge on any atom is 0.284 e. The van der Waals surface area contributed by atoms with Crippen molar-refractivity contribution >= 4 is 46.4 Å². The van der Waals surface area contributed by atoms with Crippen molar-refractivity contribution < 1.29 is 9.53 Å². The van der Waals surface area contributed by atoms with Crippen molar-refractivity contribution in [1.29, 1.82) is 0 Å². The molecule has 0 saturated carbocycles. The highest BCUT2D eigenvalue weighted by Gasteiger charge is 2.25. The van der Waals surface area contributed by atoms with Crippen molar-refractivity contribution in [2.45, 2.75) is 33.0 Å². The van der Waals surface area contributed by atoms with Crippen molar-refractivity contribution in [1.82, 2.24) is 34.3 Å². The van der Waals surface area contributed by atoms with Crippen LogP contribution >= 0.6 is 23.2 Å². The Morgan fingerprint density at radius 2 is 1.72 bits per heavy atom. The van der Waals surface area contributed by atoms with Gasteiger partial charge in [0.25, 0.3) is 11.5 Å². The van der Waals surface area contributed by atoms with Crippen molar-refractivity contribution in [3.05, 3.63) is 86.8 Å². The lowest BCUT2D eigenvalue weighted by Crippen LogP contribution is -2.45. The van der Waals surface area contributed by atoms with E-state index in [9.17, 15) is 9.59 Å². The summed E-state index contributed by atoms with van der Waals surface area (Å²) in [6.07, 6.45) is 6.46. The molecule has 1 amide bonds. The van der Waals surface area contributed by atoms with Crippen LogP contribution in [0.3, 0.4) is 0 Å². The first-order valence-corrected chi connectivity index (χ1v) is 15.1. The van der Waals surface area contributed by atoms with Gasteiger partial charge in [-0.2, -0.15) is 0 Å². The molecule has 1 aliphatic heterocycles. The van der Waals surface area contributed by atoms with E-state index >= 15 is 0 Å². The first-order valence-electron chi connectivity index (χ1n) is 14.4. The van der Waals surface area contributed by atoms with Gasteiger partial charge in [-0.15, -0.1) is 0 Å². The Labute approximate surface area is 274 Å². The number of halogens is 2. The molecule has 4 aromatic heterocycles. The molecule has 1 aromatic carbocycles. The molecule has 3 N–H and O–H groups in total. The number of pyridine rings is 1. The maximum atomic E-state index is 13.4. The zero-order valence-electron chi connectivity index (χ0n) is 25.4. The highest BCUT2D eigenvalue weighted by atomic mass is 35.5. The number of nitrogen functional groups attached to an aromatic ring is 1. The Kier molecular flexibility index (Phi) is 8.47. The number of nitrogens with one attached hydrogen (secondary N) is 1. The third kappa shape index (κ3) is 6.04. The lowest BCUT2D eigenvalue weighted by molar-refractivity contribution is -0.00547. The number of anilines is 3. The molecule has 2 atom stereocenters. The van der Waals surface area contributed by atoms with Crippen LogP contribution in [-0.4, -0.2) is 65.5 Å². The van der Waals surface area contributed by atoms with Crippen LogP contribution in [-0.2, 0) is 11.8 Å². The molecule has 0 aliphatic carbocycles. The maximum absolute atomic E-state index is 13.4. The van der Waals surface area contributed by atoms with Crippen LogP contribution in [0.2, 0.25) is 10.0 Å². The predicted molar refractivity (Wildman–Crippen MR) is 177 cm³/mol. The van der Waals surface area contributed by atoms with Crippen LogP contribution in [0.1, 0.15) is 29.9 Å². The summed E-state index contributed by atoms with van der Waals surface area (Å²) in [5, 5.41) is 3.46. The molecule has 1 saturated heterocycles. The zero-order chi connectivity index (χ0) is 32.7. The summed E-state index contributed by atoms with van der Waals surface area (Å²) in [5.74, 6) is 0.287. The Bertz CT molecular complexity index is 2000. The minimum Gasteiger partial charge on any atom is -0.382 e. The third-order valence-corrected chi connectivity index (χ3v) is 8.16. The molecule has 5 aromatic rings. The summed E-state index contributed by atoms with van der Waals surface area (Å²) >= 11 is 12.5. The predicted octanol–water partition coefficient (Wildman–Crippen LogP) is 4.55. The number of hydrogen-bond acceptors (Lipinski definition) is 10. The van der Waals surface area contributed by atoms with E-state index in [1.807, 2.05) is 13.8 Å². The SMILES string of the molecule is Cc1c(C(=O)Nc2ccc(-c3nc(-c4cncc(N5C[C@@H](C)O[C@@H](C)C5)n4)cnc3N)nc2)c(=O)n(-c2cc(Cl)ccc2Cl)n1C. The zero-order valence-corrected chi connectivity index (χ0v) is 26.9. The number of amides is 1. The van der Waals surface area contributed by atoms with Gasteiger partial charge in [-0.1, -0.05) is 23.2 Å². The Morgan fingerprint density at radius 3 is 2.43 bits per heavy atom. The van der Waals surface area contributed by atoms with Crippen molar-refractivity contribution in [3.8, 4) is 28.5 Å². The molecular weight excluding hydrogens is 631 g/mol. The Hall–Kier alpha value is -4.85. The Balaban J connectivity index is 1.24. The van der Waals surface area contributed by atoms with Crippen LogP contribution in [0.5, 0.6) is 0 Å². The standard InChI is InChI=1S/C31H30Cl2N10O3/c1-16-14-42(15-17(2)46-16)26-13-35-11-23(39-26)24-12-37-29(34)28(40-24)22-8-6-20(10-36-22)38-30(44)27-18(3)41(4)43(31(27)45)25-9-19(32)5-7-21(25)33/h5-13,16-17H,14-15H2,1-4H3,(H2,34,37)(H,38,44)/t16-,17+. The van der Waals surface area contributed by atoms with E-state index < -0.39 is 11.5 Å². The van der Waals surface area contributed by atoms with E-state index in [4.69, 9.17) is 43.6 Å². The van der Waals surface area contributed by atoms with E-state index in [0.29, 0.717) is 68.8 Å². The summed E-state index contributed by atoms with van der Waals surface area (Å²) in [6.45, 7) is 7.12. The largest absolute Gasteiger partial charge is 0.382 e. The molecule has 1 fully saturated rings. The number of ether oxygens (including phenoxy) is 1. The minimum atomic E-state index is -0.603. The van der Waals surface area contributed by atoms with Crippen molar-refractivity contribution in [2.75, 3.05) is 29.0 Å². The molecule has 15 heteroatoms. The first kappa shape index (κ1) is 31.1. The molecule has 46 heavy (non-hydrogen) atoms. The molecule has 0 unspecified atom stereocenters. The van der Waals surface area contributed by atoms with Crippen LogP contribution in [0.15, 0.2) is 59.9 Å². The number of nitrogens with zero attached hydrogens (tertiary/aromatic N) is 8. The van der Waals surface area contributed by atoms with Crippen molar-refractivity contribution in [2.24, 2.45) is 7.05 Å². The van der Waals surface area contributed by atoms with E-state index in [1.165, 1.54) is 17.1 Å². The van der Waals surface area contributed by atoms with Gasteiger partial charge in [0.05, 0.1) is 64.8 Å². The van der Waals surface area contributed by atoms with Gasteiger partial charge in [-0.05, 0) is 51.1 Å². The van der Waals surface area contributed by atoms with Gasteiger partial charge in [-0.25, -0.2) is 19.6 Å². The summed E-state index contributed by atoms with van der Waals surface area (Å²) < 4.78 is 8.69. The topological polar surface area (TPSA) is 159 Å². The monoisotopic (exact) mass is 660 g/mol. The van der Waals surface area contributed by atoms with Gasteiger partial charge in [0.2, 0.25) is 0 Å². The normalized spacial score (nSPS) is 16.4. The van der Waals surface area contributed by atoms with Crippen LogP contribution in [0.4, 0.5) is 17.3 Å². The van der Waals surface area contributed by atoms with E-state index in [-0.39, 0.29) is 23.6 Å². The lowest BCUT2D eigenvalue weighted by atomic mass is 10.2. The molecular formula is C31H30Cl2N10O3. The summed E-state index contributed by atoms with van der Waals surface area (Å²) in [7, 11) is 1.66. The number of morpholine rings is 1. The molecule has 1 aliphatic rings. The van der Waals surface area contributed by atoms with Crippen molar-refractivity contribution in [3.63, 3.8) is 0 Å². The number of hydrogen-bond donors (Lipinski definition) is 2. The van der Waals surface area contributed by atoms with Crippen LogP contribution < -0.4 is 21.5 Å². The molecule has 0 radical (unpaired) electrons. The molecule has 13 nitrogen and oxygen atoms in total. The number of carbonyl (C=O) groups is 1. The average molecular weight is 662 g/mol. The van der Waals surface area contributed by atoms with Gasteiger partial charge in [0.1, 0.15) is 28.5 Å². The number of benzene rings is 1. The quantitative estimate of drug-likeness (QED) is 0.265. The summed E-state index contributed by atoms with van der Waals surface area (Å²) in [4.78, 5) is 51.5. The lowest BCUT2D eigenvalue weighted by Gasteiger charge is -2.35. The average Bonchev–Trinajstić information content (AvgIpc) is 3.25. The first-order chi connectivity index (χ1) is 22.0. The second-order valence-electron chi connectivity index (χ2n) is 11.0. The third-order valence-electron chi connectivity index (χ3n) is 7.61. The van der Waals surface area contributed by atoms with Gasteiger partial charge in [0, 0.05) is 25.2 Å². The number of aromatic nitrogens is 7. The Morgan fingerprint density at radius 1 is 0.978 bits per heavy atom. The second-order valence-corrected chi connectivity index (χ2v) is 11.8. The minimum absolute atomic E-state index is 0.0465. The number of nitrogens with two attached hydrogens (primary N) is 1. The van der Waals surface area contributed by atoms with Crippen LogP contribution in [0.25, 0.3) is 28.5 Å². The molecule has 5 heterocycles.